The second kappa shape index (κ2) is 12.3. The third-order valence-corrected chi connectivity index (χ3v) is 5.17. The minimum atomic E-state index is -0.343. The minimum absolute atomic E-state index is 0.0114. The Balaban J connectivity index is 2.15. The third kappa shape index (κ3) is 7.39. The lowest BCUT2D eigenvalue weighted by Gasteiger charge is -2.25. The first kappa shape index (κ1) is 25.5. The van der Waals surface area contributed by atoms with Crippen LogP contribution in [-0.2, 0) is 14.3 Å². The number of anilines is 2. The summed E-state index contributed by atoms with van der Waals surface area (Å²) in [5.41, 5.74) is 10.6. The van der Waals surface area contributed by atoms with Crippen LogP contribution in [0.3, 0.4) is 0 Å². The van der Waals surface area contributed by atoms with E-state index < -0.39 is 0 Å². The van der Waals surface area contributed by atoms with E-state index in [0.717, 1.165) is 34.5 Å². The van der Waals surface area contributed by atoms with E-state index in [0.29, 0.717) is 18.5 Å². The van der Waals surface area contributed by atoms with Crippen LogP contribution in [0.25, 0.3) is 0 Å². The highest BCUT2D eigenvalue weighted by molar-refractivity contribution is 5.95. The van der Waals surface area contributed by atoms with E-state index in [2.05, 4.69) is 17.2 Å². The van der Waals surface area contributed by atoms with Crippen molar-refractivity contribution in [2.24, 2.45) is 5.73 Å². The van der Waals surface area contributed by atoms with Crippen molar-refractivity contribution in [1.29, 1.82) is 5.41 Å². The van der Waals surface area contributed by atoms with Crippen molar-refractivity contribution in [3.05, 3.63) is 58.7 Å². The van der Waals surface area contributed by atoms with Crippen LogP contribution in [0.4, 0.5) is 11.4 Å². The number of amidine groups is 1. The molecular weight excluding hydrogens is 416 g/mol. The standard InChI is InChI=1S/C26H32N4O3/c1-5-7-24(31)30(15-13-25(32)33-4)23-17-18(2)21(16-19(23)3)8-6-14-29-22-11-9-20(10-12-22)26(27)28/h9-12,16-17,29H,5,7,13-15H2,1-4H3,(H3,27,28). The summed E-state index contributed by atoms with van der Waals surface area (Å²) in [7, 11) is 1.35. The molecule has 33 heavy (non-hydrogen) atoms. The lowest BCUT2D eigenvalue weighted by atomic mass is 10.0. The van der Waals surface area contributed by atoms with Crippen LogP contribution < -0.4 is 16.0 Å². The lowest BCUT2D eigenvalue weighted by Crippen LogP contribution is -2.33. The van der Waals surface area contributed by atoms with Crippen LogP contribution >= 0.6 is 0 Å². The Morgan fingerprint density at radius 3 is 2.42 bits per heavy atom. The molecule has 2 aromatic carbocycles. The fourth-order valence-corrected chi connectivity index (χ4v) is 3.31. The van der Waals surface area contributed by atoms with Gasteiger partial charge in [0.1, 0.15) is 5.84 Å². The average Bonchev–Trinajstić information content (AvgIpc) is 2.79. The number of ether oxygens (including phenoxy) is 1. The Bertz CT molecular complexity index is 1070. The van der Waals surface area contributed by atoms with Crippen molar-refractivity contribution >= 4 is 29.1 Å². The summed E-state index contributed by atoms with van der Waals surface area (Å²) >= 11 is 0. The number of hydrogen-bond donors (Lipinski definition) is 3. The zero-order chi connectivity index (χ0) is 24.4. The van der Waals surface area contributed by atoms with Gasteiger partial charge in [-0.3, -0.25) is 15.0 Å². The van der Waals surface area contributed by atoms with E-state index in [9.17, 15) is 9.59 Å². The SMILES string of the molecule is CCCC(=O)N(CCC(=O)OC)c1cc(C)c(C#CCNc2ccc(C(=N)N)cc2)cc1C. The van der Waals surface area contributed by atoms with Crippen LogP contribution in [0.15, 0.2) is 36.4 Å². The lowest BCUT2D eigenvalue weighted by molar-refractivity contribution is -0.140. The number of esters is 1. The fraction of sp³-hybridized carbons (Fsp3) is 0.346. The molecule has 0 radical (unpaired) electrons. The number of benzene rings is 2. The molecule has 4 N–H and O–H groups in total. The van der Waals surface area contributed by atoms with Crippen LogP contribution in [0.2, 0.25) is 0 Å². The number of nitrogens with two attached hydrogens (primary N) is 1. The minimum Gasteiger partial charge on any atom is -0.469 e. The predicted molar refractivity (Wildman–Crippen MR) is 133 cm³/mol. The zero-order valence-corrected chi connectivity index (χ0v) is 19.7. The van der Waals surface area contributed by atoms with Gasteiger partial charge in [-0.2, -0.15) is 0 Å². The Morgan fingerprint density at radius 2 is 1.82 bits per heavy atom. The molecule has 0 aliphatic carbocycles. The largest absolute Gasteiger partial charge is 0.469 e. The third-order valence-electron chi connectivity index (χ3n) is 5.17. The van der Waals surface area contributed by atoms with Gasteiger partial charge in [0.05, 0.1) is 20.1 Å². The number of methoxy groups -OCH3 is 1. The van der Waals surface area contributed by atoms with E-state index in [-0.39, 0.29) is 30.7 Å². The van der Waals surface area contributed by atoms with Crippen molar-refractivity contribution in [1.82, 2.24) is 0 Å². The first-order chi connectivity index (χ1) is 15.8. The summed E-state index contributed by atoms with van der Waals surface area (Å²) in [6.45, 7) is 6.60. The van der Waals surface area contributed by atoms with Gasteiger partial charge in [0.2, 0.25) is 5.91 Å². The number of aryl methyl sites for hydroxylation is 2. The van der Waals surface area contributed by atoms with Gasteiger partial charge in [-0.25, -0.2) is 0 Å². The predicted octanol–water partition coefficient (Wildman–Crippen LogP) is 3.75. The number of nitrogen functional groups attached to an aromatic ring is 1. The molecule has 0 aromatic heterocycles. The molecule has 0 unspecified atom stereocenters. The molecule has 0 bridgehead atoms. The van der Waals surface area contributed by atoms with Gasteiger partial charge < -0.3 is 20.7 Å². The number of amides is 1. The number of rotatable bonds is 9. The molecule has 7 heteroatoms. The summed E-state index contributed by atoms with van der Waals surface area (Å²) in [6, 6.07) is 11.2. The van der Waals surface area contributed by atoms with Crippen LogP contribution in [0, 0.1) is 31.1 Å². The molecule has 0 saturated carbocycles. The Labute approximate surface area is 195 Å². The topological polar surface area (TPSA) is 109 Å². The average molecular weight is 449 g/mol. The molecular formula is C26H32N4O3. The molecule has 0 spiro atoms. The molecule has 7 nitrogen and oxygen atoms in total. The van der Waals surface area contributed by atoms with Crippen LogP contribution in [0.1, 0.15) is 48.4 Å². The van der Waals surface area contributed by atoms with Gasteiger partial charge in [-0.1, -0.05) is 18.8 Å². The molecule has 0 atom stereocenters. The molecule has 0 saturated heterocycles. The maximum atomic E-state index is 12.7. The van der Waals surface area contributed by atoms with Gasteiger partial charge in [-0.05, 0) is 67.8 Å². The maximum Gasteiger partial charge on any atom is 0.307 e. The number of nitrogens with zero attached hydrogens (tertiary/aromatic N) is 1. The molecule has 2 rings (SSSR count). The summed E-state index contributed by atoms with van der Waals surface area (Å²) in [5.74, 6) is 6.00. The molecule has 0 fully saturated rings. The number of hydrogen-bond acceptors (Lipinski definition) is 5. The van der Waals surface area contributed by atoms with E-state index in [4.69, 9.17) is 15.9 Å². The second-order valence-corrected chi connectivity index (χ2v) is 7.72. The highest BCUT2D eigenvalue weighted by Gasteiger charge is 2.19. The molecule has 0 aliphatic heterocycles. The number of carbonyl (C=O) groups is 2. The van der Waals surface area contributed by atoms with E-state index in [1.165, 1.54) is 7.11 Å². The van der Waals surface area contributed by atoms with E-state index in [1.807, 2.05) is 45.0 Å². The number of carbonyl (C=O) groups excluding carboxylic acids is 2. The molecule has 0 heterocycles. The normalized spacial score (nSPS) is 10.1. The van der Waals surface area contributed by atoms with E-state index in [1.54, 1.807) is 17.0 Å². The van der Waals surface area contributed by atoms with Crippen molar-refractivity contribution < 1.29 is 14.3 Å². The molecule has 1 amide bonds. The molecule has 2 aromatic rings. The first-order valence-electron chi connectivity index (χ1n) is 10.9. The summed E-state index contributed by atoms with van der Waals surface area (Å²) in [4.78, 5) is 26.0. The van der Waals surface area contributed by atoms with Crippen LogP contribution in [-0.4, -0.2) is 37.9 Å². The van der Waals surface area contributed by atoms with Crippen molar-refractivity contribution in [2.45, 2.75) is 40.0 Å². The monoisotopic (exact) mass is 448 g/mol. The van der Waals surface area contributed by atoms with Gasteiger partial charge in [0.15, 0.2) is 0 Å². The van der Waals surface area contributed by atoms with E-state index >= 15 is 0 Å². The van der Waals surface area contributed by atoms with Gasteiger partial charge >= 0.3 is 5.97 Å². The first-order valence-corrected chi connectivity index (χ1v) is 10.9. The van der Waals surface area contributed by atoms with Crippen molar-refractivity contribution in [3.8, 4) is 11.8 Å². The van der Waals surface area contributed by atoms with Gasteiger partial charge in [-0.15, -0.1) is 0 Å². The quantitative estimate of drug-likeness (QED) is 0.234. The highest BCUT2D eigenvalue weighted by Crippen LogP contribution is 2.25. The Hall–Kier alpha value is -3.79. The highest BCUT2D eigenvalue weighted by atomic mass is 16.5. The van der Waals surface area contributed by atoms with Gasteiger partial charge in [0.25, 0.3) is 0 Å². The zero-order valence-electron chi connectivity index (χ0n) is 19.7. The van der Waals surface area contributed by atoms with Crippen LogP contribution in [0.5, 0.6) is 0 Å². The Morgan fingerprint density at radius 1 is 1.12 bits per heavy atom. The van der Waals surface area contributed by atoms with Gasteiger partial charge in [0, 0.05) is 35.5 Å². The van der Waals surface area contributed by atoms with Crippen molar-refractivity contribution in [3.63, 3.8) is 0 Å². The smallest absolute Gasteiger partial charge is 0.307 e. The summed E-state index contributed by atoms with van der Waals surface area (Å²) in [5, 5.41) is 10.7. The molecule has 0 aliphatic rings. The molecule has 174 valence electrons. The Kier molecular flexibility index (Phi) is 9.49. The van der Waals surface area contributed by atoms with Crippen molar-refractivity contribution in [2.75, 3.05) is 30.4 Å². The second-order valence-electron chi connectivity index (χ2n) is 7.72. The summed E-state index contributed by atoms with van der Waals surface area (Å²) < 4.78 is 4.74. The number of nitrogens with one attached hydrogen (secondary N) is 2. The fourth-order valence-electron chi connectivity index (χ4n) is 3.31. The summed E-state index contributed by atoms with van der Waals surface area (Å²) in [6.07, 6.45) is 1.30. The maximum absolute atomic E-state index is 12.7.